The van der Waals surface area contributed by atoms with Crippen molar-refractivity contribution in [3.8, 4) is 11.3 Å². The quantitative estimate of drug-likeness (QED) is 0.523. The molecule has 132 valence electrons. The Morgan fingerprint density at radius 3 is 2.54 bits per heavy atom. The SMILES string of the molecule is O=C(CSc1nccnc1-c1ccccc1Cl)Nc1ccc(Cl)cc1Cl. The maximum atomic E-state index is 12.2. The molecule has 1 amide bonds. The van der Waals surface area contributed by atoms with E-state index in [0.29, 0.717) is 31.5 Å². The molecule has 0 aliphatic heterocycles. The standard InChI is InChI=1S/C18H12Cl3N3OS/c19-11-5-6-15(14(21)9-11)24-16(25)10-26-18-17(22-7-8-23-18)12-3-1-2-4-13(12)20/h1-9H,10H2,(H,24,25). The van der Waals surface area contributed by atoms with Gasteiger partial charge in [0, 0.05) is 23.0 Å². The van der Waals surface area contributed by atoms with Crippen LogP contribution in [0.4, 0.5) is 5.69 Å². The third kappa shape index (κ3) is 4.68. The van der Waals surface area contributed by atoms with Gasteiger partial charge >= 0.3 is 0 Å². The highest BCUT2D eigenvalue weighted by atomic mass is 35.5. The zero-order valence-corrected chi connectivity index (χ0v) is 16.3. The molecule has 1 heterocycles. The number of anilines is 1. The number of nitrogens with one attached hydrogen (secondary N) is 1. The van der Waals surface area contributed by atoms with E-state index in [0.717, 1.165) is 5.56 Å². The number of halogens is 3. The summed E-state index contributed by atoms with van der Waals surface area (Å²) in [5, 5.41) is 4.84. The van der Waals surface area contributed by atoms with Gasteiger partial charge in [0.15, 0.2) is 0 Å². The van der Waals surface area contributed by atoms with Gasteiger partial charge in [0.1, 0.15) is 10.7 Å². The van der Waals surface area contributed by atoms with Gasteiger partial charge in [-0.1, -0.05) is 64.8 Å². The predicted molar refractivity (Wildman–Crippen MR) is 108 cm³/mol. The van der Waals surface area contributed by atoms with Crippen molar-refractivity contribution in [1.82, 2.24) is 9.97 Å². The lowest BCUT2D eigenvalue weighted by atomic mass is 10.2. The number of carbonyl (C=O) groups is 1. The molecule has 0 spiro atoms. The second-order valence-electron chi connectivity index (χ2n) is 5.15. The Balaban J connectivity index is 1.72. The van der Waals surface area contributed by atoms with Crippen molar-refractivity contribution in [2.75, 3.05) is 11.1 Å². The van der Waals surface area contributed by atoms with Crippen LogP contribution in [0, 0.1) is 0 Å². The third-order valence-electron chi connectivity index (χ3n) is 3.34. The number of hydrogen-bond donors (Lipinski definition) is 1. The molecular weight excluding hydrogens is 413 g/mol. The van der Waals surface area contributed by atoms with Crippen LogP contribution in [0.5, 0.6) is 0 Å². The number of hydrogen-bond acceptors (Lipinski definition) is 4. The molecule has 3 rings (SSSR count). The van der Waals surface area contributed by atoms with Crippen LogP contribution in [0.15, 0.2) is 59.9 Å². The minimum atomic E-state index is -0.213. The molecule has 1 N–H and O–H groups in total. The lowest BCUT2D eigenvalue weighted by Gasteiger charge is -2.10. The van der Waals surface area contributed by atoms with Crippen molar-refractivity contribution in [1.29, 1.82) is 0 Å². The number of amides is 1. The molecule has 0 saturated heterocycles. The second-order valence-corrected chi connectivity index (χ2v) is 7.37. The molecule has 3 aromatic rings. The lowest BCUT2D eigenvalue weighted by Crippen LogP contribution is -2.14. The summed E-state index contributed by atoms with van der Waals surface area (Å²) >= 11 is 19.4. The maximum Gasteiger partial charge on any atom is 0.234 e. The zero-order valence-electron chi connectivity index (χ0n) is 13.2. The zero-order chi connectivity index (χ0) is 18.5. The molecule has 0 atom stereocenters. The fourth-order valence-electron chi connectivity index (χ4n) is 2.18. The van der Waals surface area contributed by atoms with Crippen molar-refractivity contribution in [2.24, 2.45) is 0 Å². The van der Waals surface area contributed by atoms with Crippen LogP contribution in [-0.4, -0.2) is 21.6 Å². The summed E-state index contributed by atoms with van der Waals surface area (Å²) in [6.45, 7) is 0. The van der Waals surface area contributed by atoms with E-state index in [2.05, 4.69) is 15.3 Å². The lowest BCUT2D eigenvalue weighted by molar-refractivity contribution is -0.113. The van der Waals surface area contributed by atoms with Crippen LogP contribution < -0.4 is 5.32 Å². The van der Waals surface area contributed by atoms with Gasteiger partial charge in [-0.25, -0.2) is 4.98 Å². The Hall–Kier alpha value is -1.79. The highest BCUT2D eigenvalue weighted by Gasteiger charge is 2.14. The molecule has 1 aromatic heterocycles. The maximum absolute atomic E-state index is 12.2. The fraction of sp³-hybridized carbons (Fsp3) is 0.0556. The van der Waals surface area contributed by atoms with E-state index in [1.54, 1.807) is 36.7 Å². The molecule has 0 radical (unpaired) electrons. The number of thioether (sulfide) groups is 1. The minimum absolute atomic E-state index is 0.148. The van der Waals surface area contributed by atoms with Crippen molar-refractivity contribution >= 4 is 58.2 Å². The van der Waals surface area contributed by atoms with Crippen LogP contribution in [0.25, 0.3) is 11.3 Å². The summed E-state index contributed by atoms with van der Waals surface area (Å²) in [6, 6.07) is 12.3. The normalized spacial score (nSPS) is 10.6. The van der Waals surface area contributed by atoms with Crippen molar-refractivity contribution < 1.29 is 4.79 Å². The molecule has 0 fully saturated rings. The highest BCUT2D eigenvalue weighted by molar-refractivity contribution is 8.00. The Bertz CT molecular complexity index is 952. The van der Waals surface area contributed by atoms with Crippen LogP contribution in [0.1, 0.15) is 0 Å². The molecule has 4 nitrogen and oxygen atoms in total. The van der Waals surface area contributed by atoms with Gasteiger partial charge in [0.2, 0.25) is 5.91 Å². The Morgan fingerprint density at radius 1 is 1.00 bits per heavy atom. The first kappa shape index (κ1) is 19.0. The Kier molecular flexibility index (Phi) is 6.38. The summed E-state index contributed by atoms with van der Waals surface area (Å²) in [7, 11) is 0. The molecule has 0 unspecified atom stereocenters. The first-order valence-electron chi connectivity index (χ1n) is 7.48. The fourth-order valence-corrected chi connectivity index (χ4v) is 3.64. The van der Waals surface area contributed by atoms with Crippen LogP contribution >= 0.6 is 46.6 Å². The Labute approximate surface area is 169 Å². The van der Waals surface area contributed by atoms with E-state index in [1.807, 2.05) is 18.2 Å². The highest BCUT2D eigenvalue weighted by Crippen LogP contribution is 2.32. The van der Waals surface area contributed by atoms with Crippen molar-refractivity contribution in [2.45, 2.75) is 5.03 Å². The largest absolute Gasteiger partial charge is 0.324 e. The topological polar surface area (TPSA) is 54.9 Å². The van der Waals surface area contributed by atoms with Gasteiger partial charge in [0.05, 0.1) is 21.5 Å². The summed E-state index contributed by atoms with van der Waals surface area (Å²) < 4.78 is 0. The van der Waals surface area contributed by atoms with E-state index in [1.165, 1.54) is 11.8 Å². The van der Waals surface area contributed by atoms with Crippen molar-refractivity contribution in [3.05, 3.63) is 69.9 Å². The summed E-state index contributed by atoms with van der Waals surface area (Å²) in [5.74, 6) is -0.0651. The molecule has 0 bridgehead atoms. The molecule has 0 saturated carbocycles. The van der Waals surface area contributed by atoms with Crippen LogP contribution in [-0.2, 0) is 4.79 Å². The van der Waals surface area contributed by atoms with Crippen molar-refractivity contribution in [3.63, 3.8) is 0 Å². The molecule has 0 aliphatic carbocycles. The van der Waals surface area contributed by atoms with E-state index < -0.39 is 0 Å². The first-order chi connectivity index (χ1) is 12.5. The second kappa shape index (κ2) is 8.73. The minimum Gasteiger partial charge on any atom is -0.324 e. The smallest absolute Gasteiger partial charge is 0.234 e. The van der Waals surface area contributed by atoms with E-state index in [9.17, 15) is 4.79 Å². The summed E-state index contributed by atoms with van der Waals surface area (Å²) in [6.07, 6.45) is 3.17. The van der Waals surface area contributed by atoms with E-state index in [-0.39, 0.29) is 11.7 Å². The van der Waals surface area contributed by atoms with Gasteiger partial charge in [-0.2, -0.15) is 0 Å². The first-order valence-corrected chi connectivity index (χ1v) is 9.60. The number of rotatable bonds is 5. The third-order valence-corrected chi connectivity index (χ3v) is 5.19. The summed E-state index contributed by atoms with van der Waals surface area (Å²) in [5.41, 5.74) is 1.92. The van der Waals surface area contributed by atoms with E-state index >= 15 is 0 Å². The molecule has 0 aliphatic rings. The molecule has 2 aromatic carbocycles. The predicted octanol–water partition coefficient (Wildman–Crippen LogP) is 5.83. The van der Waals surface area contributed by atoms with Crippen LogP contribution in [0.2, 0.25) is 15.1 Å². The molecular formula is C18H12Cl3N3OS. The van der Waals surface area contributed by atoms with Crippen LogP contribution in [0.3, 0.4) is 0 Å². The monoisotopic (exact) mass is 423 g/mol. The van der Waals surface area contributed by atoms with Gasteiger partial charge in [-0.05, 0) is 24.3 Å². The molecule has 26 heavy (non-hydrogen) atoms. The average molecular weight is 425 g/mol. The number of nitrogens with zero attached hydrogens (tertiary/aromatic N) is 2. The number of aromatic nitrogens is 2. The molecule has 8 heteroatoms. The average Bonchev–Trinajstić information content (AvgIpc) is 2.63. The number of carbonyl (C=O) groups excluding carboxylic acids is 1. The van der Waals surface area contributed by atoms with Gasteiger partial charge in [-0.3, -0.25) is 9.78 Å². The van der Waals surface area contributed by atoms with Gasteiger partial charge in [-0.15, -0.1) is 0 Å². The van der Waals surface area contributed by atoms with E-state index in [4.69, 9.17) is 34.8 Å². The summed E-state index contributed by atoms with van der Waals surface area (Å²) in [4.78, 5) is 20.9. The Morgan fingerprint density at radius 2 is 1.77 bits per heavy atom. The van der Waals surface area contributed by atoms with Gasteiger partial charge < -0.3 is 5.32 Å². The van der Waals surface area contributed by atoms with Gasteiger partial charge in [0.25, 0.3) is 0 Å². The number of benzene rings is 2.